The maximum Gasteiger partial charge on any atom is 0.315 e. The fourth-order valence-electron chi connectivity index (χ4n) is 1.92. The molecule has 0 aromatic heterocycles. The molecule has 2 atom stereocenters. The van der Waals surface area contributed by atoms with Gasteiger partial charge in [-0.2, -0.15) is 0 Å². The Kier molecular flexibility index (Phi) is 7.91. The lowest BCUT2D eigenvalue weighted by Crippen LogP contribution is -2.44. The number of aliphatic hydroxyl groups excluding tert-OH is 1. The van der Waals surface area contributed by atoms with Crippen molar-refractivity contribution in [3.8, 4) is 0 Å². The molecule has 1 rings (SSSR count). The molecular weight excluding hydrogens is 306 g/mol. The minimum atomic E-state index is -1.46. The predicted molar refractivity (Wildman–Crippen MR) is 83.0 cm³/mol. The van der Waals surface area contributed by atoms with E-state index in [4.69, 9.17) is 4.74 Å². The van der Waals surface area contributed by atoms with E-state index < -0.39 is 29.3 Å². The number of halogens is 2. The lowest BCUT2D eigenvalue weighted by molar-refractivity contribution is 0.0950. The number of amides is 2. The van der Waals surface area contributed by atoms with Gasteiger partial charge in [-0.05, 0) is 25.0 Å². The maximum absolute atomic E-state index is 13.5. The maximum atomic E-state index is 13.5. The Morgan fingerprint density at radius 2 is 1.83 bits per heavy atom. The topological polar surface area (TPSA) is 70.6 Å². The summed E-state index contributed by atoms with van der Waals surface area (Å²) in [5.41, 5.74) is -0.457. The molecular formula is C16H24F2N2O3. The van der Waals surface area contributed by atoms with Crippen molar-refractivity contribution in [2.75, 3.05) is 19.8 Å². The van der Waals surface area contributed by atoms with Crippen LogP contribution >= 0.6 is 0 Å². The molecule has 7 heteroatoms. The fraction of sp³-hybridized carbons (Fsp3) is 0.562. The van der Waals surface area contributed by atoms with Crippen LogP contribution in [0.1, 0.15) is 32.4 Å². The summed E-state index contributed by atoms with van der Waals surface area (Å²) in [7, 11) is 0. The van der Waals surface area contributed by atoms with E-state index in [1.807, 2.05) is 13.8 Å². The van der Waals surface area contributed by atoms with Gasteiger partial charge >= 0.3 is 6.03 Å². The second-order valence-corrected chi connectivity index (χ2v) is 5.84. The molecule has 0 bridgehead atoms. The second kappa shape index (κ2) is 9.42. The first-order chi connectivity index (χ1) is 10.8. The monoisotopic (exact) mass is 330 g/mol. The van der Waals surface area contributed by atoms with E-state index in [1.54, 1.807) is 6.92 Å². The number of hydrogen-bond donors (Lipinski definition) is 3. The number of ether oxygens (including phenoxy) is 1. The lowest BCUT2D eigenvalue weighted by Gasteiger charge is -2.17. The molecule has 0 spiro atoms. The number of rotatable bonds is 8. The van der Waals surface area contributed by atoms with E-state index in [-0.39, 0.29) is 12.6 Å². The summed E-state index contributed by atoms with van der Waals surface area (Å²) in [6, 6.07) is 2.54. The third-order valence-electron chi connectivity index (χ3n) is 2.99. The van der Waals surface area contributed by atoms with Gasteiger partial charge < -0.3 is 20.5 Å². The van der Waals surface area contributed by atoms with Crippen molar-refractivity contribution in [3.63, 3.8) is 0 Å². The predicted octanol–water partition coefficient (Wildman–Crippen LogP) is 2.36. The van der Waals surface area contributed by atoms with Crippen LogP contribution in [0.2, 0.25) is 0 Å². The number of urea groups is 1. The molecule has 130 valence electrons. The highest BCUT2D eigenvalue weighted by Crippen LogP contribution is 2.19. The van der Waals surface area contributed by atoms with Gasteiger partial charge in [0.05, 0.1) is 18.2 Å². The first-order valence-electron chi connectivity index (χ1n) is 7.55. The zero-order valence-corrected chi connectivity index (χ0v) is 13.6. The van der Waals surface area contributed by atoms with Crippen LogP contribution in [0.3, 0.4) is 0 Å². The van der Waals surface area contributed by atoms with Gasteiger partial charge in [0.25, 0.3) is 0 Å². The summed E-state index contributed by atoms with van der Waals surface area (Å²) in [4.78, 5) is 11.7. The Hall–Kier alpha value is -1.73. The summed E-state index contributed by atoms with van der Waals surface area (Å²) < 4.78 is 32.4. The van der Waals surface area contributed by atoms with E-state index in [1.165, 1.54) is 6.07 Å². The van der Waals surface area contributed by atoms with Crippen molar-refractivity contribution in [2.24, 2.45) is 5.92 Å². The van der Waals surface area contributed by atoms with Crippen molar-refractivity contribution < 1.29 is 23.4 Å². The number of carbonyl (C=O) groups excluding carboxylic acids is 1. The molecule has 5 nitrogen and oxygen atoms in total. The summed E-state index contributed by atoms with van der Waals surface area (Å²) in [6.07, 6.45) is -1.46. The molecule has 0 aliphatic heterocycles. The highest BCUT2D eigenvalue weighted by Gasteiger charge is 2.18. The van der Waals surface area contributed by atoms with Crippen LogP contribution in [0.25, 0.3) is 0 Å². The average molecular weight is 330 g/mol. The van der Waals surface area contributed by atoms with Gasteiger partial charge in [0, 0.05) is 13.2 Å². The van der Waals surface area contributed by atoms with E-state index in [2.05, 4.69) is 10.6 Å². The number of aliphatic hydroxyl groups is 1. The molecule has 0 fully saturated rings. The summed E-state index contributed by atoms with van der Waals surface area (Å²) in [5, 5.41) is 14.8. The third kappa shape index (κ3) is 6.92. The molecule has 0 saturated heterocycles. The summed E-state index contributed by atoms with van der Waals surface area (Å²) in [5.74, 6) is -1.30. The van der Waals surface area contributed by atoms with Crippen LogP contribution < -0.4 is 10.6 Å². The molecule has 0 radical (unpaired) electrons. The van der Waals surface area contributed by atoms with Crippen molar-refractivity contribution in [1.82, 2.24) is 10.6 Å². The van der Waals surface area contributed by atoms with Crippen LogP contribution in [0, 0.1) is 17.6 Å². The SMILES string of the molecule is CC(C)COC[C@H](C)NC(=O)NC[C@@H](O)c1c(F)cccc1F. The smallest absolute Gasteiger partial charge is 0.315 e. The zero-order chi connectivity index (χ0) is 17.4. The minimum Gasteiger partial charge on any atom is -0.386 e. The van der Waals surface area contributed by atoms with E-state index in [0.29, 0.717) is 19.1 Å². The Bertz CT molecular complexity index is 492. The summed E-state index contributed by atoms with van der Waals surface area (Å²) in [6.45, 7) is 6.47. The second-order valence-electron chi connectivity index (χ2n) is 5.84. The zero-order valence-electron chi connectivity index (χ0n) is 13.6. The van der Waals surface area contributed by atoms with Crippen LogP contribution in [-0.2, 0) is 4.74 Å². The molecule has 0 aliphatic rings. The molecule has 1 aromatic rings. The Morgan fingerprint density at radius 3 is 2.39 bits per heavy atom. The standard InChI is InChI=1S/C16H24F2N2O3/c1-10(2)8-23-9-11(3)20-16(22)19-7-14(21)15-12(17)5-4-6-13(15)18/h4-6,10-11,14,21H,7-9H2,1-3H3,(H2,19,20,22)/t11-,14+/m0/s1. The third-order valence-corrected chi connectivity index (χ3v) is 2.99. The van der Waals surface area contributed by atoms with Crippen molar-refractivity contribution >= 4 is 6.03 Å². The first kappa shape index (κ1) is 19.3. The van der Waals surface area contributed by atoms with Gasteiger partial charge in [0.1, 0.15) is 17.7 Å². The van der Waals surface area contributed by atoms with Crippen LogP contribution in [-0.4, -0.2) is 36.9 Å². The Morgan fingerprint density at radius 1 is 1.22 bits per heavy atom. The van der Waals surface area contributed by atoms with Crippen molar-refractivity contribution in [2.45, 2.75) is 32.9 Å². The molecule has 1 aromatic carbocycles. The Labute approximate surface area is 135 Å². The van der Waals surface area contributed by atoms with Crippen LogP contribution in [0.5, 0.6) is 0 Å². The molecule has 2 amide bonds. The van der Waals surface area contributed by atoms with Gasteiger partial charge in [-0.1, -0.05) is 19.9 Å². The number of hydrogen-bond acceptors (Lipinski definition) is 3. The molecule has 0 saturated carbocycles. The van der Waals surface area contributed by atoms with Gasteiger partial charge in [0.15, 0.2) is 0 Å². The highest BCUT2D eigenvalue weighted by molar-refractivity contribution is 5.74. The number of nitrogens with one attached hydrogen (secondary N) is 2. The van der Waals surface area contributed by atoms with Crippen LogP contribution in [0.4, 0.5) is 13.6 Å². The van der Waals surface area contributed by atoms with Crippen molar-refractivity contribution in [3.05, 3.63) is 35.4 Å². The van der Waals surface area contributed by atoms with Gasteiger partial charge in [0.2, 0.25) is 0 Å². The number of benzene rings is 1. The van der Waals surface area contributed by atoms with Crippen LogP contribution in [0.15, 0.2) is 18.2 Å². The van der Waals surface area contributed by atoms with Crippen molar-refractivity contribution in [1.29, 1.82) is 0 Å². The molecule has 23 heavy (non-hydrogen) atoms. The normalized spacial score (nSPS) is 13.7. The average Bonchev–Trinajstić information content (AvgIpc) is 2.44. The quantitative estimate of drug-likeness (QED) is 0.685. The number of carbonyl (C=O) groups is 1. The molecule has 0 heterocycles. The van der Waals surface area contributed by atoms with E-state index in [0.717, 1.165) is 12.1 Å². The van der Waals surface area contributed by atoms with E-state index >= 15 is 0 Å². The molecule has 0 aliphatic carbocycles. The fourth-order valence-corrected chi connectivity index (χ4v) is 1.92. The largest absolute Gasteiger partial charge is 0.386 e. The first-order valence-corrected chi connectivity index (χ1v) is 7.55. The highest BCUT2D eigenvalue weighted by atomic mass is 19.1. The Balaban J connectivity index is 2.38. The molecule has 0 unspecified atom stereocenters. The lowest BCUT2D eigenvalue weighted by atomic mass is 10.1. The minimum absolute atomic E-state index is 0.226. The van der Waals surface area contributed by atoms with E-state index in [9.17, 15) is 18.7 Å². The molecule has 3 N–H and O–H groups in total. The van der Waals surface area contributed by atoms with Gasteiger partial charge in [-0.3, -0.25) is 0 Å². The van der Waals surface area contributed by atoms with Gasteiger partial charge in [-0.25, -0.2) is 13.6 Å². The summed E-state index contributed by atoms with van der Waals surface area (Å²) >= 11 is 0. The van der Waals surface area contributed by atoms with Gasteiger partial charge in [-0.15, -0.1) is 0 Å².